The van der Waals surface area contributed by atoms with Gasteiger partial charge in [-0.25, -0.2) is 4.98 Å². The lowest BCUT2D eigenvalue weighted by molar-refractivity contribution is 0.323. The summed E-state index contributed by atoms with van der Waals surface area (Å²) >= 11 is 0. The molecule has 1 aliphatic rings. The second-order valence-electron chi connectivity index (χ2n) is 7.86. The lowest BCUT2D eigenvalue weighted by atomic mass is 10.0. The van der Waals surface area contributed by atoms with E-state index in [1.165, 1.54) is 18.5 Å². The van der Waals surface area contributed by atoms with Gasteiger partial charge in [0.25, 0.3) is 0 Å². The molecule has 7 nitrogen and oxygen atoms in total. The molecule has 2 N–H and O–H groups in total. The smallest absolute Gasteiger partial charge is 0.181 e. The van der Waals surface area contributed by atoms with Crippen molar-refractivity contribution in [2.45, 2.75) is 19.4 Å². The van der Waals surface area contributed by atoms with Gasteiger partial charge >= 0.3 is 0 Å². The molecule has 0 unspecified atom stereocenters. The van der Waals surface area contributed by atoms with Crippen LogP contribution >= 0.6 is 0 Å². The average molecular weight is 387 g/mol. The first-order valence-corrected chi connectivity index (χ1v) is 10.1. The van der Waals surface area contributed by atoms with Gasteiger partial charge in [-0.1, -0.05) is 12.1 Å². The van der Waals surface area contributed by atoms with Crippen molar-refractivity contribution < 1.29 is 0 Å². The van der Waals surface area contributed by atoms with Crippen LogP contribution in [-0.2, 0) is 6.54 Å². The van der Waals surface area contributed by atoms with Gasteiger partial charge in [0.15, 0.2) is 5.82 Å². The molecule has 0 bridgehead atoms. The van der Waals surface area contributed by atoms with E-state index in [-0.39, 0.29) is 0 Å². The molecule has 5 rings (SSSR count). The highest BCUT2D eigenvalue weighted by Gasteiger charge is 2.16. The van der Waals surface area contributed by atoms with Crippen LogP contribution in [0.3, 0.4) is 0 Å². The minimum Gasteiger partial charge on any atom is -0.378 e. The third-order valence-electron chi connectivity index (χ3n) is 5.58. The Kier molecular flexibility index (Phi) is 4.52. The van der Waals surface area contributed by atoms with Gasteiger partial charge in [-0.05, 0) is 56.3 Å². The highest BCUT2D eigenvalue weighted by molar-refractivity contribution is 5.95. The molecule has 0 radical (unpaired) electrons. The molecule has 0 atom stereocenters. The minimum atomic E-state index is 0.733. The summed E-state index contributed by atoms with van der Waals surface area (Å²) in [6.07, 6.45) is 2.55. The summed E-state index contributed by atoms with van der Waals surface area (Å²) in [6, 6.07) is 14.7. The quantitative estimate of drug-likeness (QED) is 0.546. The molecule has 29 heavy (non-hydrogen) atoms. The average Bonchev–Trinajstić information content (AvgIpc) is 3.49. The first-order chi connectivity index (χ1) is 14.2. The van der Waals surface area contributed by atoms with E-state index >= 15 is 0 Å². The molecule has 1 fully saturated rings. The van der Waals surface area contributed by atoms with E-state index in [2.05, 4.69) is 60.5 Å². The number of hydrogen-bond donors (Lipinski definition) is 2. The van der Waals surface area contributed by atoms with Crippen LogP contribution in [0, 0.1) is 0 Å². The molecular formula is C22H25N7. The maximum Gasteiger partial charge on any atom is 0.181 e. The van der Waals surface area contributed by atoms with Crippen molar-refractivity contribution in [2.75, 3.05) is 32.1 Å². The van der Waals surface area contributed by atoms with Gasteiger partial charge < -0.3 is 4.90 Å². The van der Waals surface area contributed by atoms with Crippen LogP contribution in [0.1, 0.15) is 18.7 Å². The number of fused-ring (bicyclic) bond motifs is 1. The molecule has 0 spiro atoms. The van der Waals surface area contributed by atoms with E-state index in [0.29, 0.717) is 0 Å². The first kappa shape index (κ1) is 17.9. The number of hydrogen-bond acceptors (Lipinski definition) is 5. The lowest BCUT2D eigenvalue weighted by Gasteiger charge is -2.12. The first-order valence-electron chi connectivity index (χ1n) is 10.1. The second-order valence-corrected chi connectivity index (χ2v) is 7.86. The van der Waals surface area contributed by atoms with Crippen LogP contribution in [0.4, 0.5) is 5.69 Å². The van der Waals surface area contributed by atoms with Crippen LogP contribution in [0.5, 0.6) is 0 Å². The fourth-order valence-corrected chi connectivity index (χ4v) is 3.94. The van der Waals surface area contributed by atoms with E-state index < -0.39 is 0 Å². The van der Waals surface area contributed by atoms with Gasteiger partial charge in [-0.3, -0.25) is 15.1 Å². The van der Waals surface area contributed by atoms with E-state index in [9.17, 15) is 0 Å². The van der Waals surface area contributed by atoms with Gasteiger partial charge in [0, 0.05) is 36.3 Å². The number of H-pyrrole nitrogens is 2. The molecule has 0 saturated carbocycles. The molecule has 148 valence electrons. The van der Waals surface area contributed by atoms with Crippen LogP contribution in [0.2, 0.25) is 0 Å². The Bertz CT molecular complexity index is 1120. The third kappa shape index (κ3) is 3.49. The van der Waals surface area contributed by atoms with Crippen LogP contribution < -0.4 is 4.90 Å². The molecule has 0 aliphatic carbocycles. The summed E-state index contributed by atoms with van der Waals surface area (Å²) in [6.45, 7) is 3.13. The van der Waals surface area contributed by atoms with Crippen LogP contribution in [0.25, 0.3) is 33.5 Å². The van der Waals surface area contributed by atoms with Gasteiger partial charge in [-0.2, -0.15) is 10.2 Å². The van der Waals surface area contributed by atoms with Gasteiger partial charge in [0.1, 0.15) is 5.82 Å². The number of benzene rings is 2. The van der Waals surface area contributed by atoms with Crippen molar-refractivity contribution >= 4 is 16.6 Å². The van der Waals surface area contributed by atoms with Crippen molar-refractivity contribution in [2.24, 2.45) is 0 Å². The number of anilines is 1. The summed E-state index contributed by atoms with van der Waals surface area (Å²) < 4.78 is 0. The Balaban J connectivity index is 1.45. The number of aromatic nitrogens is 5. The van der Waals surface area contributed by atoms with E-state index in [1.807, 2.05) is 26.2 Å². The molecular weight excluding hydrogens is 362 g/mol. The van der Waals surface area contributed by atoms with E-state index in [1.54, 1.807) is 0 Å². The highest BCUT2D eigenvalue weighted by Crippen LogP contribution is 2.30. The second kappa shape index (κ2) is 7.33. The molecule has 1 saturated heterocycles. The molecule has 4 aromatic rings. The summed E-state index contributed by atoms with van der Waals surface area (Å²) in [4.78, 5) is 9.23. The fourth-order valence-electron chi connectivity index (χ4n) is 3.94. The van der Waals surface area contributed by atoms with E-state index in [4.69, 9.17) is 4.98 Å². The van der Waals surface area contributed by atoms with Crippen molar-refractivity contribution in [3.8, 4) is 22.6 Å². The lowest BCUT2D eigenvalue weighted by Crippen LogP contribution is -2.19. The van der Waals surface area contributed by atoms with Crippen molar-refractivity contribution in [1.82, 2.24) is 30.3 Å². The summed E-state index contributed by atoms with van der Waals surface area (Å²) in [7, 11) is 4.08. The Morgan fingerprint density at radius 1 is 0.931 bits per heavy atom. The summed E-state index contributed by atoms with van der Waals surface area (Å²) in [5.41, 5.74) is 5.20. The van der Waals surface area contributed by atoms with Crippen molar-refractivity contribution in [1.29, 1.82) is 0 Å². The predicted molar refractivity (Wildman–Crippen MR) is 116 cm³/mol. The number of rotatable bonds is 5. The zero-order valence-corrected chi connectivity index (χ0v) is 16.8. The van der Waals surface area contributed by atoms with Gasteiger partial charge in [0.2, 0.25) is 0 Å². The standard InChI is InChI=1S/C22H25N7/c1-28(2)17-8-5-15(6-9-17)21-18-13-16(7-10-19(18)24-26-21)22-23-20(25-27-22)14-29-11-3-4-12-29/h5-10,13H,3-4,11-12,14H2,1-2H3,(H,24,26)(H,23,25,27). The predicted octanol–water partition coefficient (Wildman–Crippen LogP) is 3.68. The fraction of sp³-hybridized carbons (Fsp3) is 0.318. The normalized spacial score (nSPS) is 14.7. The SMILES string of the molecule is CN(C)c1ccc(-c2n[nH]c3ccc(-c4n[nH]c(CN5CCCC5)n4)cc23)cc1. The Labute approximate surface area is 169 Å². The molecule has 2 aromatic heterocycles. The summed E-state index contributed by atoms with van der Waals surface area (Å²) in [5, 5.41) is 16.3. The Hall–Kier alpha value is -3.19. The highest BCUT2D eigenvalue weighted by atomic mass is 15.3. The number of aromatic amines is 2. The zero-order valence-electron chi connectivity index (χ0n) is 16.8. The van der Waals surface area contributed by atoms with Crippen LogP contribution in [0.15, 0.2) is 42.5 Å². The largest absolute Gasteiger partial charge is 0.378 e. The number of nitrogens with zero attached hydrogens (tertiary/aromatic N) is 5. The maximum absolute atomic E-state index is 4.72. The zero-order chi connectivity index (χ0) is 19.8. The monoisotopic (exact) mass is 387 g/mol. The maximum atomic E-state index is 4.72. The third-order valence-corrected chi connectivity index (χ3v) is 5.58. The number of nitrogens with one attached hydrogen (secondary N) is 2. The van der Waals surface area contributed by atoms with Crippen molar-refractivity contribution in [3.63, 3.8) is 0 Å². The van der Waals surface area contributed by atoms with E-state index in [0.717, 1.165) is 59.0 Å². The molecule has 2 aromatic carbocycles. The molecule has 0 amide bonds. The molecule has 7 heteroatoms. The Morgan fingerprint density at radius 3 is 2.45 bits per heavy atom. The summed E-state index contributed by atoms with van der Waals surface area (Å²) in [5.74, 6) is 1.66. The van der Waals surface area contributed by atoms with Crippen molar-refractivity contribution in [3.05, 3.63) is 48.3 Å². The molecule has 3 heterocycles. The molecule has 1 aliphatic heterocycles. The Morgan fingerprint density at radius 2 is 1.69 bits per heavy atom. The van der Waals surface area contributed by atoms with Gasteiger partial charge in [-0.15, -0.1) is 0 Å². The van der Waals surface area contributed by atoms with Crippen LogP contribution in [-0.4, -0.2) is 57.5 Å². The minimum absolute atomic E-state index is 0.733. The topological polar surface area (TPSA) is 76.7 Å². The number of likely N-dealkylation sites (tertiary alicyclic amines) is 1. The van der Waals surface area contributed by atoms with Gasteiger partial charge in [0.05, 0.1) is 17.8 Å².